The summed E-state index contributed by atoms with van der Waals surface area (Å²) in [6.07, 6.45) is 8.67. The largest absolute Gasteiger partial charge is 0.323 e. The molecular weight excluding hydrogens is 238 g/mol. The van der Waals surface area contributed by atoms with Crippen LogP contribution in [0.3, 0.4) is 0 Å². The maximum Gasteiger partial charge on any atom is 0.227 e. The second kappa shape index (κ2) is 5.22. The maximum atomic E-state index is 4.45. The molecule has 3 aromatic heterocycles. The zero-order valence-corrected chi connectivity index (χ0v) is 10.1. The van der Waals surface area contributed by atoms with Gasteiger partial charge in [0.05, 0.1) is 17.6 Å². The number of hydrogen-bond acceptors (Lipinski definition) is 5. The minimum Gasteiger partial charge on any atom is -0.323 e. The summed E-state index contributed by atoms with van der Waals surface area (Å²) in [5.74, 6) is 0.536. The molecule has 0 bridgehead atoms. The third-order valence-electron chi connectivity index (χ3n) is 2.53. The standard InChI is InChI=1S/C14H11N5/c1-3-11(9-15-6-1)13-5-8-17-14(19-13)18-12-4-2-7-16-10-12/h1-10H,(H,17,18,19). The Hall–Kier alpha value is -2.82. The second-order valence-electron chi connectivity index (χ2n) is 3.87. The summed E-state index contributed by atoms with van der Waals surface area (Å²) in [6, 6.07) is 9.46. The van der Waals surface area contributed by atoms with Crippen LogP contribution in [0.2, 0.25) is 0 Å². The molecule has 92 valence electrons. The van der Waals surface area contributed by atoms with E-state index in [0.29, 0.717) is 5.95 Å². The van der Waals surface area contributed by atoms with Gasteiger partial charge in [-0.15, -0.1) is 0 Å². The quantitative estimate of drug-likeness (QED) is 0.773. The Morgan fingerprint density at radius 2 is 1.68 bits per heavy atom. The van der Waals surface area contributed by atoms with Gasteiger partial charge in [-0.3, -0.25) is 9.97 Å². The van der Waals surface area contributed by atoms with Crippen molar-refractivity contribution in [3.05, 3.63) is 61.3 Å². The van der Waals surface area contributed by atoms with Crippen molar-refractivity contribution in [1.29, 1.82) is 0 Å². The van der Waals surface area contributed by atoms with Crippen LogP contribution in [0.25, 0.3) is 11.3 Å². The predicted octanol–water partition coefficient (Wildman–Crippen LogP) is 2.68. The molecule has 3 rings (SSSR count). The molecule has 0 saturated heterocycles. The molecule has 3 aromatic rings. The molecule has 19 heavy (non-hydrogen) atoms. The van der Waals surface area contributed by atoms with Gasteiger partial charge in [0.25, 0.3) is 0 Å². The fourth-order valence-electron chi connectivity index (χ4n) is 1.66. The molecule has 0 atom stereocenters. The van der Waals surface area contributed by atoms with Gasteiger partial charge in [-0.25, -0.2) is 9.97 Å². The summed E-state index contributed by atoms with van der Waals surface area (Å²) in [6.45, 7) is 0. The van der Waals surface area contributed by atoms with Crippen molar-refractivity contribution >= 4 is 11.6 Å². The maximum absolute atomic E-state index is 4.45. The van der Waals surface area contributed by atoms with Crippen LogP contribution in [-0.4, -0.2) is 19.9 Å². The zero-order valence-electron chi connectivity index (χ0n) is 10.1. The van der Waals surface area contributed by atoms with Gasteiger partial charge in [0.15, 0.2) is 0 Å². The molecule has 0 amide bonds. The lowest BCUT2D eigenvalue weighted by molar-refractivity contribution is 1.16. The van der Waals surface area contributed by atoms with E-state index < -0.39 is 0 Å². The van der Waals surface area contributed by atoms with Gasteiger partial charge in [-0.05, 0) is 30.3 Å². The SMILES string of the molecule is c1cncc(Nc2nccc(-c3cccnc3)n2)c1. The van der Waals surface area contributed by atoms with E-state index >= 15 is 0 Å². The van der Waals surface area contributed by atoms with Gasteiger partial charge in [-0.2, -0.15) is 0 Å². The summed E-state index contributed by atoms with van der Waals surface area (Å²) < 4.78 is 0. The van der Waals surface area contributed by atoms with Gasteiger partial charge >= 0.3 is 0 Å². The molecule has 3 heterocycles. The van der Waals surface area contributed by atoms with Crippen LogP contribution in [0, 0.1) is 0 Å². The van der Waals surface area contributed by atoms with E-state index in [9.17, 15) is 0 Å². The minimum atomic E-state index is 0.536. The molecule has 0 aliphatic heterocycles. The van der Waals surface area contributed by atoms with Gasteiger partial charge in [0.1, 0.15) is 0 Å². The molecule has 0 unspecified atom stereocenters. The Morgan fingerprint density at radius 3 is 2.42 bits per heavy atom. The third kappa shape index (κ3) is 2.71. The zero-order chi connectivity index (χ0) is 12.9. The van der Waals surface area contributed by atoms with Crippen molar-refractivity contribution in [2.24, 2.45) is 0 Å². The topological polar surface area (TPSA) is 63.6 Å². The van der Waals surface area contributed by atoms with E-state index in [1.807, 2.05) is 30.3 Å². The monoisotopic (exact) mass is 249 g/mol. The summed E-state index contributed by atoms with van der Waals surface area (Å²) in [5.41, 5.74) is 2.64. The normalized spacial score (nSPS) is 10.1. The van der Waals surface area contributed by atoms with Crippen molar-refractivity contribution in [1.82, 2.24) is 19.9 Å². The summed E-state index contributed by atoms with van der Waals surface area (Å²) in [4.78, 5) is 16.8. The molecular formula is C14H11N5. The highest BCUT2D eigenvalue weighted by Crippen LogP contribution is 2.17. The number of hydrogen-bond donors (Lipinski definition) is 1. The first-order valence-corrected chi connectivity index (χ1v) is 5.82. The lowest BCUT2D eigenvalue weighted by atomic mass is 10.2. The smallest absolute Gasteiger partial charge is 0.227 e. The number of anilines is 2. The fraction of sp³-hybridized carbons (Fsp3) is 0. The Labute approximate surface area is 110 Å². The molecule has 0 aromatic carbocycles. The first kappa shape index (κ1) is 11.3. The molecule has 0 aliphatic rings. The van der Waals surface area contributed by atoms with Crippen molar-refractivity contribution in [3.8, 4) is 11.3 Å². The number of nitrogens with one attached hydrogen (secondary N) is 1. The van der Waals surface area contributed by atoms with Crippen molar-refractivity contribution < 1.29 is 0 Å². The summed E-state index contributed by atoms with van der Waals surface area (Å²) in [7, 11) is 0. The molecule has 5 nitrogen and oxygen atoms in total. The lowest BCUT2D eigenvalue weighted by Gasteiger charge is -2.05. The van der Waals surface area contributed by atoms with E-state index in [-0.39, 0.29) is 0 Å². The first-order chi connectivity index (χ1) is 9.42. The van der Waals surface area contributed by atoms with Crippen molar-refractivity contribution in [2.75, 3.05) is 5.32 Å². The molecule has 0 aliphatic carbocycles. The molecule has 0 fully saturated rings. The number of rotatable bonds is 3. The van der Waals surface area contributed by atoms with Crippen LogP contribution in [0.1, 0.15) is 0 Å². The Bertz CT molecular complexity index is 655. The molecule has 0 saturated carbocycles. The minimum absolute atomic E-state index is 0.536. The number of nitrogens with zero attached hydrogens (tertiary/aromatic N) is 4. The Kier molecular flexibility index (Phi) is 3.10. The van der Waals surface area contributed by atoms with Gasteiger partial charge < -0.3 is 5.32 Å². The van der Waals surface area contributed by atoms with E-state index in [1.165, 1.54) is 0 Å². The highest BCUT2D eigenvalue weighted by Gasteiger charge is 2.02. The van der Waals surface area contributed by atoms with Crippen LogP contribution in [-0.2, 0) is 0 Å². The molecule has 0 spiro atoms. The molecule has 0 radical (unpaired) electrons. The van der Waals surface area contributed by atoms with Gasteiger partial charge in [0, 0.05) is 30.4 Å². The first-order valence-electron chi connectivity index (χ1n) is 5.82. The fourth-order valence-corrected chi connectivity index (χ4v) is 1.66. The van der Waals surface area contributed by atoms with E-state index in [1.54, 1.807) is 31.0 Å². The van der Waals surface area contributed by atoms with Crippen LogP contribution < -0.4 is 5.32 Å². The molecule has 5 heteroatoms. The van der Waals surface area contributed by atoms with Gasteiger partial charge in [0.2, 0.25) is 5.95 Å². The average Bonchev–Trinajstić information content (AvgIpc) is 2.49. The van der Waals surface area contributed by atoms with Crippen molar-refractivity contribution in [2.45, 2.75) is 0 Å². The van der Waals surface area contributed by atoms with Crippen LogP contribution >= 0.6 is 0 Å². The highest BCUT2D eigenvalue weighted by atomic mass is 15.1. The van der Waals surface area contributed by atoms with Crippen molar-refractivity contribution in [3.63, 3.8) is 0 Å². The van der Waals surface area contributed by atoms with Crippen LogP contribution in [0.5, 0.6) is 0 Å². The average molecular weight is 249 g/mol. The lowest BCUT2D eigenvalue weighted by Crippen LogP contribution is -1.98. The van der Waals surface area contributed by atoms with Crippen LogP contribution in [0.4, 0.5) is 11.6 Å². The highest BCUT2D eigenvalue weighted by molar-refractivity contribution is 5.60. The third-order valence-corrected chi connectivity index (χ3v) is 2.53. The van der Waals surface area contributed by atoms with E-state index in [4.69, 9.17) is 0 Å². The Morgan fingerprint density at radius 1 is 0.842 bits per heavy atom. The predicted molar refractivity (Wildman–Crippen MR) is 72.8 cm³/mol. The van der Waals surface area contributed by atoms with E-state index in [2.05, 4.69) is 25.3 Å². The van der Waals surface area contributed by atoms with Crippen LogP contribution in [0.15, 0.2) is 61.3 Å². The summed E-state index contributed by atoms with van der Waals surface area (Å²) >= 11 is 0. The van der Waals surface area contributed by atoms with Gasteiger partial charge in [-0.1, -0.05) is 0 Å². The summed E-state index contributed by atoms with van der Waals surface area (Å²) in [5, 5.41) is 3.11. The number of pyridine rings is 2. The Balaban J connectivity index is 1.89. The second-order valence-corrected chi connectivity index (χ2v) is 3.87. The van der Waals surface area contributed by atoms with E-state index in [0.717, 1.165) is 16.9 Å². The molecule has 1 N–H and O–H groups in total. The number of aromatic nitrogens is 4.